The molecule has 0 bridgehead atoms. The Hall–Kier alpha value is -0.930. The first-order valence-electron chi connectivity index (χ1n) is 12.6. The highest BCUT2D eigenvalue weighted by atomic mass is 16.6. The Kier molecular flexibility index (Phi) is 29.5. The van der Waals surface area contributed by atoms with E-state index in [0.717, 1.165) is 6.54 Å². The Balaban J connectivity index is 3.04. The van der Waals surface area contributed by atoms with E-state index in [1.165, 1.54) is 7.11 Å². The fourth-order valence-electron chi connectivity index (χ4n) is 2.37. The molecule has 216 valence electrons. The van der Waals surface area contributed by atoms with Crippen molar-refractivity contribution in [3.05, 3.63) is 0 Å². The first kappa shape index (κ1) is 35.1. The molecule has 0 N–H and O–H groups in total. The van der Waals surface area contributed by atoms with Gasteiger partial charge in [0.2, 0.25) is 0 Å². The van der Waals surface area contributed by atoms with Crippen LogP contribution in [0.15, 0.2) is 0 Å². The molecule has 0 aliphatic heterocycles. The van der Waals surface area contributed by atoms with Crippen molar-refractivity contribution in [1.29, 1.82) is 0 Å². The zero-order valence-electron chi connectivity index (χ0n) is 22.6. The predicted molar refractivity (Wildman–Crippen MR) is 133 cm³/mol. The molecule has 0 saturated heterocycles. The minimum Gasteiger partial charge on any atom is -0.469 e. The van der Waals surface area contributed by atoms with E-state index in [0.29, 0.717) is 119 Å². The zero-order valence-corrected chi connectivity index (χ0v) is 22.6. The molecular formula is C24H49NO11. The molecule has 0 radical (unpaired) electrons. The fraction of sp³-hybridized carbons (Fsp3) is 0.958. The molecule has 0 aromatic carbocycles. The van der Waals surface area contributed by atoms with Crippen LogP contribution < -0.4 is 0 Å². The molecule has 0 saturated carbocycles. The Bertz CT molecular complexity index is 444. The Labute approximate surface area is 216 Å². The van der Waals surface area contributed by atoms with Crippen LogP contribution in [0.1, 0.15) is 6.42 Å². The lowest BCUT2D eigenvalue weighted by molar-refractivity contribution is -0.141. The Morgan fingerprint density at radius 1 is 0.444 bits per heavy atom. The lowest BCUT2D eigenvalue weighted by Crippen LogP contribution is -2.19. The number of carbonyl (C=O) groups is 1. The van der Waals surface area contributed by atoms with Crippen LogP contribution in [0.3, 0.4) is 0 Å². The van der Waals surface area contributed by atoms with Gasteiger partial charge in [-0.25, -0.2) is 0 Å². The molecule has 0 aromatic rings. The number of hydrogen-bond acceptors (Lipinski definition) is 12. The molecule has 0 aliphatic rings. The molecular weight excluding hydrogens is 478 g/mol. The summed E-state index contributed by atoms with van der Waals surface area (Å²) >= 11 is 0. The smallest absolute Gasteiger partial charge is 0.307 e. The highest BCUT2D eigenvalue weighted by molar-refractivity contribution is 5.69. The molecule has 0 aromatic heterocycles. The van der Waals surface area contributed by atoms with Gasteiger partial charge in [0, 0.05) is 6.54 Å². The third kappa shape index (κ3) is 31.1. The van der Waals surface area contributed by atoms with Crippen molar-refractivity contribution < 1.29 is 52.2 Å². The highest BCUT2D eigenvalue weighted by Crippen LogP contribution is 1.88. The van der Waals surface area contributed by atoms with Crippen molar-refractivity contribution in [2.45, 2.75) is 6.42 Å². The normalized spacial score (nSPS) is 11.4. The molecule has 0 unspecified atom stereocenters. The lowest BCUT2D eigenvalue weighted by Gasteiger charge is -2.10. The van der Waals surface area contributed by atoms with Gasteiger partial charge in [-0.3, -0.25) is 4.79 Å². The maximum Gasteiger partial charge on any atom is 0.307 e. The van der Waals surface area contributed by atoms with Gasteiger partial charge < -0.3 is 52.3 Å². The van der Waals surface area contributed by atoms with E-state index in [1.54, 1.807) is 0 Å². The minimum absolute atomic E-state index is 0.250. The average molecular weight is 528 g/mol. The molecule has 0 aliphatic carbocycles. The van der Waals surface area contributed by atoms with E-state index in [2.05, 4.69) is 9.64 Å². The van der Waals surface area contributed by atoms with Gasteiger partial charge in [0.25, 0.3) is 0 Å². The monoisotopic (exact) mass is 527 g/mol. The number of nitrogens with zero attached hydrogens (tertiary/aromatic N) is 1. The maximum absolute atomic E-state index is 10.9. The fourth-order valence-corrected chi connectivity index (χ4v) is 2.37. The number of ether oxygens (including phenoxy) is 10. The minimum atomic E-state index is -0.282. The van der Waals surface area contributed by atoms with Crippen molar-refractivity contribution in [3.8, 4) is 0 Å². The second-order valence-corrected chi connectivity index (χ2v) is 7.64. The molecule has 0 rings (SSSR count). The SMILES string of the molecule is COC(=O)CCOCCOCCOCCOCCOCCOCCOCCOCCOCCN(C)C. The van der Waals surface area contributed by atoms with Gasteiger partial charge in [0.15, 0.2) is 0 Å². The average Bonchev–Trinajstić information content (AvgIpc) is 2.87. The van der Waals surface area contributed by atoms with Crippen LogP contribution in [0.4, 0.5) is 0 Å². The molecule has 12 heteroatoms. The predicted octanol–water partition coefficient (Wildman–Crippen LogP) is 0.261. The summed E-state index contributed by atoms with van der Waals surface area (Å²) in [7, 11) is 5.39. The molecule has 36 heavy (non-hydrogen) atoms. The Morgan fingerprint density at radius 2 is 0.694 bits per heavy atom. The zero-order chi connectivity index (χ0) is 26.4. The largest absolute Gasteiger partial charge is 0.469 e. The van der Waals surface area contributed by atoms with Crippen LogP contribution in [-0.2, 0) is 52.2 Å². The molecule has 0 fully saturated rings. The van der Waals surface area contributed by atoms with Crippen LogP contribution in [0.25, 0.3) is 0 Å². The number of hydrogen-bond donors (Lipinski definition) is 0. The van der Waals surface area contributed by atoms with Crippen molar-refractivity contribution >= 4 is 5.97 Å². The van der Waals surface area contributed by atoms with Crippen molar-refractivity contribution in [2.75, 3.05) is 147 Å². The molecule has 0 heterocycles. The summed E-state index contributed by atoms with van der Waals surface area (Å²) in [5.41, 5.74) is 0. The summed E-state index contributed by atoms with van der Waals surface area (Å²) in [6, 6.07) is 0. The summed E-state index contributed by atoms with van der Waals surface area (Å²) in [6.45, 7) is 10.2. The van der Waals surface area contributed by atoms with Crippen LogP contribution in [0.5, 0.6) is 0 Å². The van der Waals surface area contributed by atoms with Gasteiger partial charge in [-0.2, -0.15) is 0 Å². The third-order valence-corrected chi connectivity index (χ3v) is 4.34. The van der Waals surface area contributed by atoms with E-state index in [9.17, 15) is 4.79 Å². The molecule has 0 atom stereocenters. The third-order valence-electron chi connectivity index (χ3n) is 4.34. The van der Waals surface area contributed by atoms with Crippen LogP contribution >= 0.6 is 0 Å². The number of esters is 1. The van der Waals surface area contributed by atoms with E-state index < -0.39 is 0 Å². The standard InChI is InChI=1S/C24H49NO11/c1-25(2)5-7-29-9-11-31-13-15-33-17-19-35-21-23-36-22-20-34-18-16-32-14-12-30-10-8-28-6-4-24(26)27-3/h4-23H2,1-3H3. The highest BCUT2D eigenvalue weighted by Gasteiger charge is 1.99. The van der Waals surface area contributed by atoms with Crippen LogP contribution in [0, 0.1) is 0 Å². The van der Waals surface area contributed by atoms with Crippen molar-refractivity contribution in [1.82, 2.24) is 4.90 Å². The molecule has 0 amide bonds. The van der Waals surface area contributed by atoms with E-state index in [4.69, 9.17) is 42.6 Å². The quantitative estimate of drug-likeness (QED) is 0.0943. The summed E-state index contributed by atoms with van der Waals surface area (Å²) in [4.78, 5) is 13.0. The van der Waals surface area contributed by atoms with Gasteiger partial charge in [-0.05, 0) is 14.1 Å². The summed E-state index contributed by atoms with van der Waals surface area (Å²) < 4.78 is 53.1. The van der Waals surface area contributed by atoms with Crippen molar-refractivity contribution in [2.24, 2.45) is 0 Å². The van der Waals surface area contributed by atoms with Crippen LogP contribution in [-0.4, -0.2) is 158 Å². The van der Waals surface area contributed by atoms with E-state index in [-0.39, 0.29) is 12.4 Å². The van der Waals surface area contributed by atoms with Gasteiger partial charge in [0.05, 0.1) is 132 Å². The lowest BCUT2D eigenvalue weighted by atomic mass is 10.5. The van der Waals surface area contributed by atoms with Gasteiger partial charge >= 0.3 is 5.97 Å². The summed E-state index contributed by atoms with van der Waals surface area (Å²) in [5.74, 6) is -0.282. The van der Waals surface area contributed by atoms with Crippen LogP contribution in [0.2, 0.25) is 0 Å². The second-order valence-electron chi connectivity index (χ2n) is 7.64. The van der Waals surface area contributed by atoms with E-state index >= 15 is 0 Å². The van der Waals surface area contributed by atoms with Crippen molar-refractivity contribution in [3.63, 3.8) is 0 Å². The van der Waals surface area contributed by atoms with E-state index in [1.807, 2.05) is 14.1 Å². The topological polar surface area (TPSA) is 113 Å². The maximum atomic E-state index is 10.9. The first-order valence-corrected chi connectivity index (χ1v) is 12.6. The van der Waals surface area contributed by atoms with Gasteiger partial charge in [-0.15, -0.1) is 0 Å². The van der Waals surface area contributed by atoms with Gasteiger partial charge in [0.1, 0.15) is 0 Å². The van der Waals surface area contributed by atoms with Gasteiger partial charge in [-0.1, -0.05) is 0 Å². The summed E-state index contributed by atoms with van der Waals surface area (Å²) in [5, 5.41) is 0. The number of carbonyl (C=O) groups excluding carboxylic acids is 1. The number of methoxy groups -OCH3 is 1. The Morgan fingerprint density at radius 3 is 0.944 bits per heavy atom. The molecule has 12 nitrogen and oxygen atoms in total. The summed E-state index contributed by atoms with van der Waals surface area (Å²) in [6.07, 6.45) is 0.250. The molecule has 0 spiro atoms. The number of rotatable bonds is 30. The number of likely N-dealkylation sites (N-methyl/N-ethyl adjacent to an activating group) is 1. The second kappa shape index (κ2) is 30.3. The first-order chi connectivity index (χ1) is 17.7.